The summed E-state index contributed by atoms with van der Waals surface area (Å²) in [5.74, 6) is -0.101. The number of amides is 1. The minimum absolute atomic E-state index is 0.0379. The van der Waals surface area contributed by atoms with Crippen LogP contribution in [0.25, 0.3) is 0 Å². The van der Waals surface area contributed by atoms with Crippen molar-refractivity contribution in [2.75, 3.05) is 18.4 Å². The Hall–Kier alpha value is -1.55. The molecule has 1 N–H and O–H groups in total. The highest BCUT2D eigenvalue weighted by Gasteiger charge is 2.25. The highest BCUT2D eigenvalue weighted by Crippen LogP contribution is 2.35. The number of sulfonamides is 1. The molecule has 0 aliphatic heterocycles. The average molecular weight is 457 g/mol. The lowest BCUT2D eigenvalue weighted by atomic mass is 9.90. The van der Waals surface area contributed by atoms with E-state index in [0.717, 1.165) is 17.8 Å². The molecular weight excluding hydrogens is 432 g/mol. The molecule has 1 aromatic carbocycles. The van der Waals surface area contributed by atoms with Gasteiger partial charge in [0, 0.05) is 19.0 Å². The van der Waals surface area contributed by atoms with Gasteiger partial charge in [-0.25, -0.2) is 8.42 Å². The molecule has 0 unspecified atom stereocenters. The zero-order chi connectivity index (χ0) is 21.0. The Bertz CT molecular complexity index is 968. The van der Waals surface area contributed by atoms with Gasteiger partial charge in [0.2, 0.25) is 15.2 Å². The van der Waals surface area contributed by atoms with Crippen molar-refractivity contribution >= 4 is 44.0 Å². The van der Waals surface area contributed by atoms with Crippen LogP contribution in [0.1, 0.15) is 67.2 Å². The first kappa shape index (κ1) is 22.1. The minimum Gasteiger partial charge on any atom is -0.296 e. The van der Waals surface area contributed by atoms with Gasteiger partial charge in [0.1, 0.15) is 5.01 Å². The zero-order valence-corrected chi connectivity index (χ0v) is 18.9. The van der Waals surface area contributed by atoms with Gasteiger partial charge in [-0.3, -0.25) is 10.1 Å². The Morgan fingerprint density at radius 2 is 1.90 bits per heavy atom. The second-order valence-electron chi connectivity index (χ2n) is 6.97. The molecule has 0 bridgehead atoms. The highest BCUT2D eigenvalue weighted by atomic mass is 35.5. The molecule has 10 heteroatoms. The number of benzene rings is 1. The van der Waals surface area contributed by atoms with E-state index in [1.54, 1.807) is 13.8 Å². The summed E-state index contributed by atoms with van der Waals surface area (Å²) in [6, 6.07) is 4.16. The van der Waals surface area contributed by atoms with Gasteiger partial charge in [0.15, 0.2) is 0 Å². The van der Waals surface area contributed by atoms with Gasteiger partial charge in [0.25, 0.3) is 5.91 Å². The molecule has 1 fully saturated rings. The fourth-order valence-corrected chi connectivity index (χ4v) is 6.11. The van der Waals surface area contributed by atoms with Crippen LogP contribution in [0.4, 0.5) is 5.13 Å². The predicted octanol–water partition coefficient (Wildman–Crippen LogP) is 4.52. The van der Waals surface area contributed by atoms with E-state index in [1.165, 1.54) is 53.1 Å². The number of rotatable bonds is 7. The van der Waals surface area contributed by atoms with E-state index in [4.69, 9.17) is 11.6 Å². The Morgan fingerprint density at radius 1 is 1.21 bits per heavy atom. The van der Waals surface area contributed by atoms with Crippen molar-refractivity contribution in [3.8, 4) is 0 Å². The third-order valence-corrected chi connectivity index (χ3v) is 8.52. The van der Waals surface area contributed by atoms with Gasteiger partial charge in [-0.1, -0.05) is 56.0 Å². The molecule has 1 saturated carbocycles. The number of hydrogen-bond acceptors (Lipinski definition) is 6. The van der Waals surface area contributed by atoms with Crippen molar-refractivity contribution in [1.82, 2.24) is 14.5 Å². The maximum atomic E-state index is 12.7. The van der Waals surface area contributed by atoms with Gasteiger partial charge in [0.05, 0.1) is 15.5 Å². The fourth-order valence-electron chi connectivity index (χ4n) is 3.52. The first-order valence-electron chi connectivity index (χ1n) is 9.81. The maximum Gasteiger partial charge on any atom is 0.259 e. The predicted molar refractivity (Wildman–Crippen MR) is 115 cm³/mol. The van der Waals surface area contributed by atoms with Crippen molar-refractivity contribution in [2.45, 2.75) is 56.8 Å². The minimum atomic E-state index is -3.69. The van der Waals surface area contributed by atoms with E-state index in [2.05, 4.69) is 15.5 Å². The smallest absolute Gasteiger partial charge is 0.259 e. The number of nitrogens with zero attached hydrogens (tertiary/aromatic N) is 3. The summed E-state index contributed by atoms with van der Waals surface area (Å²) < 4.78 is 26.8. The first-order chi connectivity index (χ1) is 13.9. The number of halogens is 1. The number of carbonyl (C=O) groups excluding carboxylic acids is 1. The highest BCUT2D eigenvalue weighted by molar-refractivity contribution is 7.89. The number of hydrogen-bond donors (Lipinski definition) is 1. The maximum absolute atomic E-state index is 12.7. The SMILES string of the molecule is CCN(CC)S(=O)(=O)c1ccc(Cl)c(C(=O)Nc2nnc(C3CCCCC3)s2)c1. The van der Waals surface area contributed by atoms with E-state index in [9.17, 15) is 13.2 Å². The van der Waals surface area contributed by atoms with Crippen LogP contribution < -0.4 is 5.32 Å². The molecule has 2 aromatic rings. The van der Waals surface area contributed by atoms with E-state index in [-0.39, 0.29) is 15.5 Å². The van der Waals surface area contributed by atoms with E-state index >= 15 is 0 Å². The molecular formula is C19H25ClN4O3S2. The summed E-state index contributed by atoms with van der Waals surface area (Å²) in [5.41, 5.74) is 0.0920. The molecule has 29 heavy (non-hydrogen) atoms. The summed E-state index contributed by atoms with van der Waals surface area (Å²) in [7, 11) is -3.69. The number of nitrogens with one attached hydrogen (secondary N) is 1. The van der Waals surface area contributed by atoms with Crippen LogP contribution in [0, 0.1) is 0 Å². The summed E-state index contributed by atoms with van der Waals surface area (Å²) in [5, 5.41) is 12.5. The lowest BCUT2D eigenvalue weighted by molar-refractivity contribution is 0.102. The summed E-state index contributed by atoms with van der Waals surface area (Å²) >= 11 is 7.55. The van der Waals surface area contributed by atoms with Crippen LogP contribution in [0.15, 0.2) is 23.1 Å². The summed E-state index contributed by atoms with van der Waals surface area (Å²) in [4.78, 5) is 12.8. The molecule has 3 rings (SSSR count). The molecule has 1 aliphatic carbocycles. The topological polar surface area (TPSA) is 92.3 Å². The van der Waals surface area contributed by atoms with E-state index < -0.39 is 15.9 Å². The van der Waals surface area contributed by atoms with Crippen molar-refractivity contribution in [3.63, 3.8) is 0 Å². The summed E-state index contributed by atoms with van der Waals surface area (Å²) in [6.07, 6.45) is 5.83. The third-order valence-electron chi connectivity index (χ3n) is 5.14. The van der Waals surface area contributed by atoms with Crippen LogP contribution in [0.5, 0.6) is 0 Å². The second kappa shape index (κ2) is 9.51. The van der Waals surface area contributed by atoms with E-state index in [1.807, 2.05) is 0 Å². The Balaban J connectivity index is 1.80. The van der Waals surface area contributed by atoms with E-state index in [0.29, 0.717) is 24.1 Å². The van der Waals surface area contributed by atoms with Crippen LogP contribution in [-0.2, 0) is 10.0 Å². The lowest BCUT2D eigenvalue weighted by Gasteiger charge is -2.19. The standard InChI is InChI=1S/C19H25ClN4O3S2/c1-3-24(4-2)29(26,27)14-10-11-16(20)15(12-14)17(25)21-19-23-22-18(28-19)13-8-6-5-7-9-13/h10-13H,3-9H2,1-2H3,(H,21,23,25). The van der Waals surface area contributed by atoms with Gasteiger partial charge in [-0.05, 0) is 31.0 Å². The second-order valence-corrected chi connectivity index (χ2v) is 10.3. The molecule has 1 aromatic heterocycles. The zero-order valence-electron chi connectivity index (χ0n) is 16.5. The van der Waals surface area contributed by atoms with Crippen molar-refractivity contribution in [1.29, 1.82) is 0 Å². The molecule has 1 heterocycles. The van der Waals surface area contributed by atoms with Crippen molar-refractivity contribution in [3.05, 3.63) is 33.8 Å². The number of anilines is 1. The van der Waals surface area contributed by atoms with Gasteiger partial charge < -0.3 is 0 Å². The largest absolute Gasteiger partial charge is 0.296 e. The average Bonchev–Trinajstić information content (AvgIpc) is 3.18. The lowest BCUT2D eigenvalue weighted by Crippen LogP contribution is -2.30. The van der Waals surface area contributed by atoms with Gasteiger partial charge in [-0.15, -0.1) is 10.2 Å². The molecule has 158 valence electrons. The molecule has 1 amide bonds. The third kappa shape index (κ3) is 4.96. The van der Waals surface area contributed by atoms with Crippen LogP contribution in [-0.4, -0.2) is 41.9 Å². The molecule has 0 saturated heterocycles. The molecule has 7 nitrogen and oxygen atoms in total. The van der Waals surface area contributed by atoms with Crippen molar-refractivity contribution < 1.29 is 13.2 Å². The Labute approximate surface area is 180 Å². The van der Waals surface area contributed by atoms with Crippen LogP contribution in [0.2, 0.25) is 5.02 Å². The number of aromatic nitrogens is 2. The Morgan fingerprint density at radius 3 is 2.55 bits per heavy atom. The van der Waals surface area contributed by atoms with Crippen LogP contribution >= 0.6 is 22.9 Å². The van der Waals surface area contributed by atoms with Gasteiger partial charge >= 0.3 is 0 Å². The van der Waals surface area contributed by atoms with Gasteiger partial charge in [-0.2, -0.15) is 4.31 Å². The molecule has 0 atom stereocenters. The van der Waals surface area contributed by atoms with Crippen molar-refractivity contribution in [2.24, 2.45) is 0 Å². The molecule has 0 radical (unpaired) electrons. The Kier molecular flexibility index (Phi) is 7.26. The first-order valence-corrected chi connectivity index (χ1v) is 12.4. The van der Waals surface area contributed by atoms with Crippen LogP contribution in [0.3, 0.4) is 0 Å². The molecule has 0 spiro atoms. The summed E-state index contributed by atoms with van der Waals surface area (Å²) in [6.45, 7) is 4.23. The quantitative estimate of drug-likeness (QED) is 0.661. The monoisotopic (exact) mass is 456 g/mol. The fraction of sp³-hybridized carbons (Fsp3) is 0.526. The molecule has 1 aliphatic rings. The normalized spacial score (nSPS) is 15.6. The number of carbonyl (C=O) groups is 1.